The topological polar surface area (TPSA) is 55.2 Å². The molecule has 0 bridgehead atoms. The Morgan fingerprint density at radius 3 is 2.23 bits per heavy atom. The first-order valence-electron chi connectivity index (χ1n) is 7.33. The third-order valence-electron chi connectivity index (χ3n) is 4.38. The molecule has 114 valence electrons. The average molecular weight is 317 g/mol. The van der Waals surface area contributed by atoms with Gasteiger partial charge in [0.05, 0.1) is 4.92 Å². The minimum absolute atomic E-state index is 0.00631. The van der Waals surface area contributed by atoms with Gasteiger partial charge in [-0.05, 0) is 42.5 Å². The maximum absolute atomic E-state index is 10.7. The van der Waals surface area contributed by atoms with Crippen LogP contribution in [0, 0.1) is 10.1 Å². The molecule has 0 amide bonds. The van der Waals surface area contributed by atoms with Crippen LogP contribution < -0.4 is 5.32 Å². The fraction of sp³-hybridized carbons (Fsp3) is 0.294. The molecule has 22 heavy (non-hydrogen) atoms. The van der Waals surface area contributed by atoms with Crippen LogP contribution in [-0.4, -0.2) is 4.92 Å². The SMILES string of the molecule is O=[N+]([O-])c1ccc(CNC2(c3ccc(Cl)cc3)CCC2)cc1. The van der Waals surface area contributed by atoms with Crippen molar-refractivity contribution in [2.45, 2.75) is 31.3 Å². The highest BCUT2D eigenvalue weighted by molar-refractivity contribution is 6.30. The van der Waals surface area contributed by atoms with Gasteiger partial charge in [0.1, 0.15) is 0 Å². The van der Waals surface area contributed by atoms with Gasteiger partial charge in [-0.3, -0.25) is 10.1 Å². The molecule has 0 heterocycles. The fourth-order valence-electron chi connectivity index (χ4n) is 2.87. The van der Waals surface area contributed by atoms with Crippen molar-refractivity contribution in [1.29, 1.82) is 0 Å². The van der Waals surface area contributed by atoms with Gasteiger partial charge in [-0.2, -0.15) is 0 Å². The van der Waals surface area contributed by atoms with E-state index in [-0.39, 0.29) is 16.1 Å². The van der Waals surface area contributed by atoms with Gasteiger partial charge in [-0.15, -0.1) is 0 Å². The number of benzene rings is 2. The first-order valence-corrected chi connectivity index (χ1v) is 7.71. The molecule has 5 heteroatoms. The van der Waals surface area contributed by atoms with Crippen LogP contribution in [-0.2, 0) is 12.1 Å². The number of hydrogen-bond donors (Lipinski definition) is 1. The lowest BCUT2D eigenvalue weighted by Crippen LogP contribution is -2.47. The van der Waals surface area contributed by atoms with Crippen LogP contribution in [0.25, 0.3) is 0 Å². The van der Waals surface area contributed by atoms with Crippen molar-refractivity contribution in [3.05, 3.63) is 74.8 Å². The summed E-state index contributed by atoms with van der Waals surface area (Å²) in [5, 5.41) is 15.0. The standard InChI is InChI=1S/C17H17ClN2O2/c18-15-6-4-14(5-7-15)17(10-1-11-17)19-12-13-2-8-16(9-3-13)20(21)22/h2-9,19H,1,10-12H2. The Labute approximate surface area is 134 Å². The van der Waals surface area contributed by atoms with Gasteiger partial charge in [0.25, 0.3) is 5.69 Å². The molecule has 3 rings (SSSR count). The summed E-state index contributed by atoms with van der Waals surface area (Å²) in [7, 11) is 0. The van der Waals surface area contributed by atoms with Crippen LogP contribution in [0.5, 0.6) is 0 Å². The summed E-state index contributed by atoms with van der Waals surface area (Å²) in [5.74, 6) is 0. The molecule has 1 aliphatic rings. The van der Waals surface area contributed by atoms with Crippen LogP contribution in [0.4, 0.5) is 5.69 Å². The molecule has 0 atom stereocenters. The molecule has 0 aliphatic heterocycles. The van der Waals surface area contributed by atoms with Crippen molar-refractivity contribution in [2.75, 3.05) is 0 Å². The van der Waals surface area contributed by atoms with E-state index in [0.29, 0.717) is 6.54 Å². The number of nitrogens with zero attached hydrogens (tertiary/aromatic N) is 1. The molecule has 0 aromatic heterocycles. The molecule has 0 radical (unpaired) electrons. The highest BCUT2D eigenvalue weighted by Crippen LogP contribution is 2.41. The van der Waals surface area contributed by atoms with E-state index in [1.807, 2.05) is 12.1 Å². The summed E-state index contributed by atoms with van der Waals surface area (Å²) in [6.45, 7) is 0.695. The zero-order chi connectivity index (χ0) is 15.6. The van der Waals surface area contributed by atoms with E-state index in [0.717, 1.165) is 23.4 Å². The molecule has 2 aromatic carbocycles. The van der Waals surface area contributed by atoms with E-state index in [9.17, 15) is 10.1 Å². The summed E-state index contributed by atoms with van der Waals surface area (Å²) < 4.78 is 0. The molecule has 2 aromatic rings. The van der Waals surface area contributed by atoms with Crippen molar-refractivity contribution in [3.8, 4) is 0 Å². The van der Waals surface area contributed by atoms with Crippen molar-refractivity contribution >= 4 is 17.3 Å². The number of nitro groups is 1. The third kappa shape index (κ3) is 2.98. The van der Waals surface area contributed by atoms with Gasteiger partial charge in [0.2, 0.25) is 0 Å². The molecule has 1 aliphatic carbocycles. The normalized spacial score (nSPS) is 16.0. The Kier molecular flexibility index (Phi) is 4.14. The van der Waals surface area contributed by atoms with Crippen LogP contribution in [0.15, 0.2) is 48.5 Å². The Bertz CT molecular complexity index is 664. The third-order valence-corrected chi connectivity index (χ3v) is 4.63. The van der Waals surface area contributed by atoms with Gasteiger partial charge in [0, 0.05) is 29.2 Å². The second-order valence-electron chi connectivity index (χ2n) is 5.72. The predicted octanol–water partition coefficient (Wildman–Crippen LogP) is 4.42. The van der Waals surface area contributed by atoms with E-state index in [2.05, 4.69) is 17.4 Å². The van der Waals surface area contributed by atoms with Gasteiger partial charge in [-0.1, -0.05) is 35.9 Å². The van der Waals surface area contributed by atoms with Crippen molar-refractivity contribution in [3.63, 3.8) is 0 Å². The number of halogens is 1. The summed E-state index contributed by atoms with van der Waals surface area (Å²) in [5.41, 5.74) is 2.43. The van der Waals surface area contributed by atoms with Crippen LogP contribution in [0.3, 0.4) is 0 Å². The van der Waals surface area contributed by atoms with Gasteiger partial charge >= 0.3 is 0 Å². The first-order chi connectivity index (χ1) is 10.6. The average Bonchev–Trinajstić information content (AvgIpc) is 2.48. The lowest BCUT2D eigenvalue weighted by molar-refractivity contribution is -0.384. The Balaban J connectivity index is 1.70. The predicted molar refractivity (Wildman–Crippen MR) is 86.9 cm³/mol. The van der Waals surface area contributed by atoms with Crippen LogP contribution in [0.1, 0.15) is 30.4 Å². The molecule has 0 unspecified atom stereocenters. The number of nitrogens with one attached hydrogen (secondary N) is 1. The van der Waals surface area contributed by atoms with Gasteiger partial charge in [-0.25, -0.2) is 0 Å². The maximum atomic E-state index is 10.7. The molecular formula is C17H17ClN2O2. The Hall–Kier alpha value is -1.91. The second-order valence-corrected chi connectivity index (χ2v) is 6.16. The number of non-ortho nitro benzene ring substituents is 1. The minimum atomic E-state index is -0.377. The molecule has 1 saturated carbocycles. The quantitative estimate of drug-likeness (QED) is 0.656. The zero-order valence-electron chi connectivity index (χ0n) is 12.1. The molecule has 0 spiro atoms. The Morgan fingerprint density at radius 2 is 1.73 bits per heavy atom. The van der Waals surface area contributed by atoms with E-state index in [4.69, 9.17) is 11.6 Å². The minimum Gasteiger partial charge on any atom is -0.303 e. The largest absolute Gasteiger partial charge is 0.303 e. The molecule has 4 nitrogen and oxygen atoms in total. The second kappa shape index (κ2) is 6.07. The van der Waals surface area contributed by atoms with E-state index >= 15 is 0 Å². The highest BCUT2D eigenvalue weighted by Gasteiger charge is 2.37. The zero-order valence-corrected chi connectivity index (χ0v) is 12.8. The fourth-order valence-corrected chi connectivity index (χ4v) is 3.00. The summed E-state index contributed by atoms with van der Waals surface area (Å²) in [4.78, 5) is 10.3. The molecule has 0 saturated heterocycles. The van der Waals surface area contributed by atoms with Crippen LogP contribution >= 0.6 is 11.6 Å². The van der Waals surface area contributed by atoms with E-state index < -0.39 is 0 Å². The number of hydrogen-bond acceptors (Lipinski definition) is 3. The maximum Gasteiger partial charge on any atom is 0.269 e. The highest BCUT2D eigenvalue weighted by atomic mass is 35.5. The number of rotatable bonds is 5. The monoisotopic (exact) mass is 316 g/mol. The number of nitro benzene ring substituents is 1. The van der Waals surface area contributed by atoms with Crippen molar-refractivity contribution < 1.29 is 4.92 Å². The smallest absolute Gasteiger partial charge is 0.269 e. The van der Waals surface area contributed by atoms with Gasteiger partial charge < -0.3 is 5.32 Å². The lowest BCUT2D eigenvalue weighted by atomic mass is 9.71. The van der Waals surface area contributed by atoms with E-state index in [1.165, 1.54) is 12.0 Å². The first kappa shape index (κ1) is 15.0. The molecular weight excluding hydrogens is 300 g/mol. The molecule has 1 fully saturated rings. The summed E-state index contributed by atoms with van der Waals surface area (Å²) >= 11 is 5.96. The van der Waals surface area contributed by atoms with Crippen molar-refractivity contribution in [2.24, 2.45) is 0 Å². The lowest BCUT2D eigenvalue weighted by Gasteiger charge is -2.43. The van der Waals surface area contributed by atoms with E-state index in [1.54, 1.807) is 24.3 Å². The molecule has 1 N–H and O–H groups in total. The van der Waals surface area contributed by atoms with Crippen molar-refractivity contribution in [1.82, 2.24) is 5.32 Å². The van der Waals surface area contributed by atoms with Crippen LogP contribution in [0.2, 0.25) is 5.02 Å². The summed E-state index contributed by atoms with van der Waals surface area (Å²) in [6.07, 6.45) is 3.40. The summed E-state index contributed by atoms with van der Waals surface area (Å²) in [6, 6.07) is 14.7. The van der Waals surface area contributed by atoms with Gasteiger partial charge in [0.15, 0.2) is 0 Å². The Morgan fingerprint density at radius 1 is 1.09 bits per heavy atom.